The van der Waals surface area contributed by atoms with E-state index < -0.39 is 12.0 Å². The molecule has 1 heterocycles. The Hall–Kier alpha value is -2.31. The summed E-state index contributed by atoms with van der Waals surface area (Å²) in [6.45, 7) is 7.39. The molecular weight excluding hydrogens is 272 g/mol. The molecule has 0 spiro atoms. The summed E-state index contributed by atoms with van der Waals surface area (Å²) >= 11 is 0. The average molecular weight is 294 g/mol. The number of nitrogens with zero attached hydrogens (tertiary/aromatic N) is 1. The van der Waals surface area contributed by atoms with Gasteiger partial charge < -0.3 is 21.1 Å². The molecule has 1 unspecified atom stereocenters. The molecule has 0 aromatic carbocycles. The smallest absolute Gasteiger partial charge is 0.341 e. The quantitative estimate of drug-likeness (QED) is 0.680. The Labute approximate surface area is 124 Å². The second-order valence-corrected chi connectivity index (χ2v) is 4.91. The zero-order chi connectivity index (χ0) is 16.0. The van der Waals surface area contributed by atoms with Gasteiger partial charge in [-0.2, -0.15) is 0 Å². The van der Waals surface area contributed by atoms with Crippen LogP contribution in [-0.4, -0.2) is 35.6 Å². The lowest BCUT2D eigenvalue weighted by atomic mass is 10.2. The number of hydrogen-bond donors (Lipinski definition) is 3. The molecule has 21 heavy (non-hydrogen) atoms. The van der Waals surface area contributed by atoms with Gasteiger partial charge in [-0.15, -0.1) is 0 Å². The monoisotopic (exact) mass is 294 g/mol. The van der Waals surface area contributed by atoms with Crippen molar-refractivity contribution in [2.24, 2.45) is 0 Å². The first-order valence-electron chi connectivity index (χ1n) is 6.84. The molecule has 0 radical (unpaired) electrons. The number of amides is 1. The predicted octanol–water partition coefficient (Wildman–Crippen LogP) is 1.17. The van der Waals surface area contributed by atoms with Gasteiger partial charge in [0.1, 0.15) is 17.4 Å². The topological polar surface area (TPSA) is 106 Å². The Morgan fingerprint density at radius 3 is 2.62 bits per heavy atom. The standard InChI is InChI=1S/C14H22N4O3/c1-5-21-14(20)11-6-10(15)7-16-12(11)18-9(4)13(19)17-8(2)3/h6-9H,5,15H2,1-4H3,(H,16,18)(H,17,19). The van der Waals surface area contributed by atoms with Crippen molar-refractivity contribution in [2.75, 3.05) is 17.7 Å². The van der Waals surface area contributed by atoms with Crippen LogP contribution in [0, 0.1) is 0 Å². The van der Waals surface area contributed by atoms with Crippen molar-refractivity contribution in [1.82, 2.24) is 10.3 Å². The van der Waals surface area contributed by atoms with Gasteiger partial charge in [-0.1, -0.05) is 0 Å². The van der Waals surface area contributed by atoms with Crippen molar-refractivity contribution in [3.8, 4) is 0 Å². The number of rotatable bonds is 6. The lowest BCUT2D eigenvalue weighted by Crippen LogP contribution is -2.41. The van der Waals surface area contributed by atoms with Crippen molar-refractivity contribution >= 4 is 23.4 Å². The van der Waals surface area contributed by atoms with Crippen LogP contribution >= 0.6 is 0 Å². The number of ether oxygens (including phenoxy) is 1. The maximum absolute atomic E-state index is 11.9. The Kier molecular flexibility index (Phi) is 5.95. The van der Waals surface area contributed by atoms with E-state index in [1.807, 2.05) is 13.8 Å². The van der Waals surface area contributed by atoms with Gasteiger partial charge in [0.2, 0.25) is 5.91 Å². The lowest BCUT2D eigenvalue weighted by molar-refractivity contribution is -0.122. The van der Waals surface area contributed by atoms with Crippen molar-refractivity contribution < 1.29 is 14.3 Å². The van der Waals surface area contributed by atoms with E-state index in [0.29, 0.717) is 5.69 Å². The number of anilines is 2. The molecule has 0 aliphatic rings. The number of hydrogen-bond acceptors (Lipinski definition) is 6. The van der Waals surface area contributed by atoms with Gasteiger partial charge in [0.15, 0.2) is 0 Å². The highest BCUT2D eigenvalue weighted by Crippen LogP contribution is 2.17. The molecule has 1 aromatic rings. The molecule has 0 saturated heterocycles. The Morgan fingerprint density at radius 2 is 2.05 bits per heavy atom. The summed E-state index contributed by atoms with van der Waals surface area (Å²) in [4.78, 5) is 27.8. The van der Waals surface area contributed by atoms with Crippen LogP contribution in [0.15, 0.2) is 12.3 Å². The van der Waals surface area contributed by atoms with E-state index in [0.717, 1.165) is 0 Å². The number of carbonyl (C=O) groups is 2. The first-order valence-corrected chi connectivity index (χ1v) is 6.84. The number of carbonyl (C=O) groups excluding carboxylic acids is 2. The van der Waals surface area contributed by atoms with Gasteiger partial charge in [0, 0.05) is 6.04 Å². The molecule has 0 fully saturated rings. The van der Waals surface area contributed by atoms with Crippen molar-refractivity contribution in [2.45, 2.75) is 39.8 Å². The molecule has 116 valence electrons. The van der Waals surface area contributed by atoms with Crippen LogP contribution in [0.1, 0.15) is 38.1 Å². The number of aromatic nitrogens is 1. The molecule has 7 nitrogen and oxygen atoms in total. The molecule has 7 heteroatoms. The molecule has 1 rings (SSSR count). The van der Waals surface area contributed by atoms with Gasteiger partial charge in [-0.3, -0.25) is 4.79 Å². The van der Waals surface area contributed by atoms with Crippen LogP contribution in [-0.2, 0) is 9.53 Å². The third kappa shape index (κ3) is 4.94. The van der Waals surface area contributed by atoms with E-state index in [4.69, 9.17) is 10.5 Å². The number of pyridine rings is 1. The van der Waals surface area contributed by atoms with Crippen LogP contribution in [0.5, 0.6) is 0 Å². The first-order chi connectivity index (χ1) is 9.85. The second kappa shape index (κ2) is 7.47. The number of nitrogens with one attached hydrogen (secondary N) is 2. The third-order valence-electron chi connectivity index (χ3n) is 2.58. The highest BCUT2D eigenvalue weighted by molar-refractivity contribution is 5.96. The van der Waals surface area contributed by atoms with Crippen LogP contribution in [0.3, 0.4) is 0 Å². The fourth-order valence-corrected chi connectivity index (χ4v) is 1.64. The third-order valence-corrected chi connectivity index (χ3v) is 2.58. The largest absolute Gasteiger partial charge is 0.462 e. The average Bonchev–Trinajstić information content (AvgIpc) is 2.40. The van der Waals surface area contributed by atoms with Crippen LogP contribution in [0.4, 0.5) is 11.5 Å². The van der Waals surface area contributed by atoms with Crippen LogP contribution < -0.4 is 16.4 Å². The Bertz CT molecular complexity index is 517. The van der Waals surface area contributed by atoms with E-state index in [2.05, 4.69) is 15.6 Å². The van der Waals surface area contributed by atoms with Gasteiger partial charge in [-0.05, 0) is 33.8 Å². The number of nitrogens with two attached hydrogens (primary N) is 1. The number of nitrogen functional groups attached to an aromatic ring is 1. The first kappa shape index (κ1) is 16.7. The molecule has 0 aliphatic carbocycles. The molecule has 1 atom stereocenters. The van der Waals surface area contributed by atoms with E-state index in [1.54, 1.807) is 13.8 Å². The minimum absolute atomic E-state index is 0.0330. The van der Waals surface area contributed by atoms with Gasteiger partial charge >= 0.3 is 5.97 Å². The minimum Gasteiger partial charge on any atom is -0.462 e. The van der Waals surface area contributed by atoms with Crippen molar-refractivity contribution in [3.05, 3.63) is 17.8 Å². The maximum Gasteiger partial charge on any atom is 0.341 e. The summed E-state index contributed by atoms with van der Waals surface area (Å²) in [6.07, 6.45) is 1.41. The summed E-state index contributed by atoms with van der Waals surface area (Å²) in [5, 5.41) is 5.68. The Morgan fingerprint density at radius 1 is 1.38 bits per heavy atom. The molecule has 1 aromatic heterocycles. The zero-order valence-corrected chi connectivity index (χ0v) is 12.8. The summed E-state index contributed by atoms with van der Waals surface area (Å²) in [6, 6.07) is 0.961. The summed E-state index contributed by atoms with van der Waals surface area (Å²) in [7, 11) is 0. The normalized spacial score (nSPS) is 11.9. The second-order valence-electron chi connectivity index (χ2n) is 4.91. The fourth-order valence-electron chi connectivity index (χ4n) is 1.64. The van der Waals surface area contributed by atoms with Gasteiger partial charge in [0.05, 0.1) is 18.5 Å². The number of esters is 1. The highest BCUT2D eigenvalue weighted by atomic mass is 16.5. The fraction of sp³-hybridized carbons (Fsp3) is 0.500. The highest BCUT2D eigenvalue weighted by Gasteiger charge is 2.19. The van der Waals surface area contributed by atoms with Crippen LogP contribution in [0.2, 0.25) is 0 Å². The SMILES string of the molecule is CCOC(=O)c1cc(N)cnc1NC(C)C(=O)NC(C)C. The van der Waals surface area contributed by atoms with Crippen molar-refractivity contribution in [1.29, 1.82) is 0 Å². The summed E-state index contributed by atoms with van der Waals surface area (Å²) in [5.41, 5.74) is 6.20. The maximum atomic E-state index is 11.9. The van der Waals surface area contributed by atoms with Crippen LogP contribution in [0.25, 0.3) is 0 Å². The molecule has 0 aliphatic heterocycles. The summed E-state index contributed by atoms with van der Waals surface area (Å²) < 4.78 is 4.96. The Balaban J connectivity index is 2.92. The van der Waals surface area contributed by atoms with Crippen molar-refractivity contribution in [3.63, 3.8) is 0 Å². The van der Waals surface area contributed by atoms with E-state index in [9.17, 15) is 9.59 Å². The molecule has 0 bridgehead atoms. The molecule has 0 saturated carbocycles. The van der Waals surface area contributed by atoms with Gasteiger partial charge in [0.25, 0.3) is 0 Å². The van der Waals surface area contributed by atoms with E-state index in [1.165, 1.54) is 12.3 Å². The molecule has 1 amide bonds. The molecular formula is C14H22N4O3. The van der Waals surface area contributed by atoms with Gasteiger partial charge in [-0.25, -0.2) is 9.78 Å². The van der Waals surface area contributed by atoms with E-state index in [-0.39, 0.29) is 29.9 Å². The zero-order valence-electron chi connectivity index (χ0n) is 12.8. The summed E-state index contributed by atoms with van der Waals surface area (Å²) in [5.74, 6) is -0.441. The predicted molar refractivity (Wildman–Crippen MR) is 81.0 cm³/mol. The molecule has 4 N–H and O–H groups in total. The van der Waals surface area contributed by atoms with E-state index >= 15 is 0 Å². The minimum atomic E-state index is -0.545. The lowest BCUT2D eigenvalue weighted by Gasteiger charge is -2.18.